The van der Waals surface area contributed by atoms with Crippen molar-refractivity contribution < 1.29 is 32.6 Å². The summed E-state index contributed by atoms with van der Waals surface area (Å²) in [7, 11) is 0. The third kappa shape index (κ3) is 6.79. The summed E-state index contributed by atoms with van der Waals surface area (Å²) >= 11 is 1.59. The van der Waals surface area contributed by atoms with Crippen molar-refractivity contribution >= 4 is 23.2 Å². The van der Waals surface area contributed by atoms with Gasteiger partial charge in [0.05, 0.1) is 37.3 Å². The van der Waals surface area contributed by atoms with E-state index in [-0.39, 0.29) is 12.0 Å². The Hall–Kier alpha value is -3.92. The number of halogens is 3. The fourth-order valence-electron chi connectivity index (χ4n) is 3.05. The summed E-state index contributed by atoms with van der Waals surface area (Å²) in [6.07, 6.45) is -1.78. The highest BCUT2D eigenvalue weighted by atomic mass is 32.1. The molecule has 1 atom stereocenters. The Morgan fingerprint density at radius 2 is 2.03 bits per heavy atom. The summed E-state index contributed by atoms with van der Waals surface area (Å²) in [6.45, 7) is 1.49. The number of thiophene rings is 1. The van der Waals surface area contributed by atoms with Gasteiger partial charge in [-0.05, 0) is 34.5 Å². The Balaban J connectivity index is 0.000000406. The van der Waals surface area contributed by atoms with E-state index in [1.807, 2.05) is 38.5 Å². The summed E-state index contributed by atoms with van der Waals surface area (Å²) in [5.74, 6) is -2.27. The third-order valence-corrected chi connectivity index (χ3v) is 5.37. The number of carboxylic acids is 1. The largest absolute Gasteiger partial charge is 0.490 e. The van der Waals surface area contributed by atoms with Crippen molar-refractivity contribution in [2.24, 2.45) is 0 Å². The molecule has 9 nitrogen and oxygen atoms in total. The van der Waals surface area contributed by atoms with Crippen molar-refractivity contribution in [1.29, 1.82) is 5.26 Å². The van der Waals surface area contributed by atoms with Gasteiger partial charge in [0.25, 0.3) is 0 Å². The molecule has 0 saturated carbocycles. The Morgan fingerprint density at radius 1 is 1.26 bits per heavy atom. The van der Waals surface area contributed by atoms with E-state index in [4.69, 9.17) is 19.9 Å². The SMILES string of the molecule is N#Cc1ccc(OC2CN(C(=O)Cc3ccsc3)Cc3ccnn3C2)nc1.O=C(O)C(F)(F)F. The van der Waals surface area contributed by atoms with Crippen LogP contribution in [0.2, 0.25) is 0 Å². The van der Waals surface area contributed by atoms with Gasteiger partial charge in [0, 0.05) is 18.5 Å². The van der Waals surface area contributed by atoms with Crippen LogP contribution < -0.4 is 4.74 Å². The highest BCUT2D eigenvalue weighted by Gasteiger charge is 2.38. The van der Waals surface area contributed by atoms with Crippen LogP contribution in [0, 0.1) is 11.3 Å². The number of nitriles is 1. The lowest BCUT2D eigenvalue weighted by atomic mass is 10.2. The summed E-state index contributed by atoms with van der Waals surface area (Å²) in [5.41, 5.74) is 2.48. The maximum atomic E-state index is 12.8. The first kappa shape index (κ1) is 24.7. The lowest BCUT2D eigenvalue weighted by molar-refractivity contribution is -0.192. The van der Waals surface area contributed by atoms with Gasteiger partial charge in [0.15, 0.2) is 0 Å². The second kappa shape index (κ2) is 10.8. The predicted molar refractivity (Wildman–Crippen MR) is 113 cm³/mol. The van der Waals surface area contributed by atoms with Gasteiger partial charge < -0.3 is 14.7 Å². The van der Waals surface area contributed by atoms with Gasteiger partial charge in [-0.2, -0.15) is 34.9 Å². The molecule has 4 heterocycles. The van der Waals surface area contributed by atoms with Crippen LogP contribution in [0.5, 0.6) is 5.88 Å². The highest BCUT2D eigenvalue weighted by molar-refractivity contribution is 7.08. The minimum atomic E-state index is -5.08. The van der Waals surface area contributed by atoms with Gasteiger partial charge in [0.1, 0.15) is 12.2 Å². The molecule has 178 valence electrons. The Morgan fingerprint density at radius 3 is 2.62 bits per heavy atom. The van der Waals surface area contributed by atoms with Crippen LogP contribution in [0.4, 0.5) is 13.2 Å². The molecular weight excluding hydrogens is 475 g/mol. The van der Waals surface area contributed by atoms with Crippen molar-refractivity contribution in [3.8, 4) is 11.9 Å². The molecule has 0 saturated heterocycles. The van der Waals surface area contributed by atoms with Crippen LogP contribution in [-0.2, 0) is 29.1 Å². The minimum Gasteiger partial charge on any atom is -0.475 e. The molecule has 1 aliphatic heterocycles. The van der Waals surface area contributed by atoms with E-state index in [0.717, 1.165) is 11.3 Å². The van der Waals surface area contributed by atoms with Crippen molar-refractivity contribution in [3.63, 3.8) is 0 Å². The number of hydrogen-bond acceptors (Lipinski definition) is 7. The quantitative estimate of drug-likeness (QED) is 0.593. The van der Waals surface area contributed by atoms with E-state index in [0.29, 0.717) is 37.5 Å². The van der Waals surface area contributed by atoms with Crippen molar-refractivity contribution in [2.45, 2.75) is 31.8 Å². The fourth-order valence-corrected chi connectivity index (χ4v) is 3.72. The average molecular weight is 493 g/mol. The monoisotopic (exact) mass is 493 g/mol. The van der Waals surface area contributed by atoms with Gasteiger partial charge >= 0.3 is 12.1 Å². The van der Waals surface area contributed by atoms with E-state index < -0.39 is 12.1 Å². The van der Waals surface area contributed by atoms with Crippen LogP contribution in [0.3, 0.4) is 0 Å². The smallest absolute Gasteiger partial charge is 0.475 e. The normalized spacial score (nSPS) is 15.2. The first-order valence-corrected chi connectivity index (χ1v) is 10.7. The minimum absolute atomic E-state index is 0.0597. The summed E-state index contributed by atoms with van der Waals surface area (Å²) in [5, 5.41) is 24.3. The van der Waals surface area contributed by atoms with E-state index >= 15 is 0 Å². The molecule has 1 unspecified atom stereocenters. The van der Waals surface area contributed by atoms with E-state index in [1.165, 1.54) is 6.20 Å². The molecule has 1 amide bonds. The van der Waals surface area contributed by atoms with Crippen molar-refractivity contribution in [2.75, 3.05) is 6.54 Å². The van der Waals surface area contributed by atoms with Crippen LogP contribution in [0.25, 0.3) is 0 Å². The van der Waals surface area contributed by atoms with Crippen LogP contribution in [0.1, 0.15) is 16.8 Å². The topological polar surface area (TPSA) is 121 Å². The molecule has 34 heavy (non-hydrogen) atoms. The van der Waals surface area contributed by atoms with Crippen LogP contribution in [0.15, 0.2) is 47.4 Å². The van der Waals surface area contributed by atoms with Crippen LogP contribution >= 0.6 is 11.3 Å². The molecule has 0 spiro atoms. The molecule has 1 aliphatic rings. The summed E-state index contributed by atoms with van der Waals surface area (Å²) in [6, 6.07) is 9.27. The van der Waals surface area contributed by atoms with E-state index in [9.17, 15) is 18.0 Å². The first-order chi connectivity index (χ1) is 16.2. The Kier molecular flexibility index (Phi) is 7.85. The number of aromatic nitrogens is 3. The number of carbonyl (C=O) groups excluding carboxylic acids is 1. The second-order valence-electron chi connectivity index (χ2n) is 7.13. The standard InChI is InChI=1S/C19H17N5O2S.C2HF3O2/c20-8-15-1-2-18(21-9-15)26-17-11-23(10-16-3-5-22-24(16)12-17)19(25)7-14-4-6-27-13-14;3-2(4,5)1(6)7/h1-6,9,13,17H,7,10-12H2;(H,6,7). The third-order valence-electron chi connectivity index (χ3n) is 4.64. The van der Waals surface area contributed by atoms with E-state index in [2.05, 4.69) is 10.1 Å². The zero-order valence-electron chi connectivity index (χ0n) is 17.5. The fraction of sp³-hybridized carbons (Fsp3) is 0.286. The summed E-state index contributed by atoms with van der Waals surface area (Å²) in [4.78, 5) is 27.7. The molecular formula is C21H18F3N5O4S. The van der Waals surface area contributed by atoms with Gasteiger partial charge in [-0.1, -0.05) is 0 Å². The molecule has 0 bridgehead atoms. The predicted octanol–water partition coefficient (Wildman–Crippen LogP) is 2.88. The molecule has 3 aromatic rings. The highest BCUT2D eigenvalue weighted by Crippen LogP contribution is 2.18. The zero-order valence-corrected chi connectivity index (χ0v) is 18.3. The number of pyridine rings is 1. The lowest BCUT2D eigenvalue weighted by Gasteiger charge is -2.24. The van der Waals surface area contributed by atoms with Gasteiger partial charge in [-0.3, -0.25) is 9.48 Å². The maximum absolute atomic E-state index is 12.8. The molecule has 0 aliphatic carbocycles. The number of amides is 1. The van der Waals surface area contributed by atoms with Crippen LogP contribution in [-0.4, -0.2) is 55.5 Å². The number of ether oxygens (including phenoxy) is 1. The molecule has 13 heteroatoms. The first-order valence-electron chi connectivity index (χ1n) is 9.78. The number of alkyl halides is 3. The maximum Gasteiger partial charge on any atom is 0.490 e. The van der Waals surface area contributed by atoms with Gasteiger partial charge in [-0.25, -0.2) is 9.78 Å². The number of fused-ring (bicyclic) bond motifs is 1. The number of carbonyl (C=O) groups is 2. The van der Waals surface area contributed by atoms with Gasteiger partial charge in [-0.15, -0.1) is 0 Å². The molecule has 0 fully saturated rings. The molecule has 0 radical (unpaired) electrons. The lowest BCUT2D eigenvalue weighted by Crippen LogP contribution is -2.39. The second-order valence-corrected chi connectivity index (χ2v) is 7.91. The number of aliphatic carboxylic acids is 1. The molecule has 1 N–H and O–H groups in total. The zero-order chi connectivity index (χ0) is 24.7. The Labute approximate surface area is 195 Å². The average Bonchev–Trinajstić information content (AvgIpc) is 3.42. The van der Waals surface area contributed by atoms with Crippen molar-refractivity contribution in [3.05, 3.63) is 64.2 Å². The number of carboxylic acid groups (broad SMARTS) is 1. The number of rotatable bonds is 4. The van der Waals surface area contributed by atoms with Gasteiger partial charge in [0.2, 0.25) is 11.8 Å². The Bertz CT molecular complexity index is 1160. The molecule has 0 aromatic carbocycles. The van der Waals surface area contributed by atoms with E-state index in [1.54, 1.807) is 29.7 Å². The number of nitrogens with zero attached hydrogens (tertiary/aromatic N) is 5. The number of hydrogen-bond donors (Lipinski definition) is 1. The molecule has 3 aromatic heterocycles. The molecule has 4 rings (SSSR count). The van der Waals surface area contributed by atoms with Crippen molar-refractivity contribution in [1.82, 2.24) is 19.7 Å². The summed E-state index contributed by atoms with van der Waals surface area (Å²) < 4.78 is 39.6.